The van der Waals surface area contributed by atoms with Crippen LogP contribution < -0.4 is 20.7 Å². The molecular formula is C38H39N9O3. The zero-order valence-electron chi connectivity index (χ0n) is 28.5. The van der Waals surface area contributed by atoms with Gasteiger partial charge in [0, 0.05) is 37.1 Å². The minimum atomic E-state index is -0.375. The highest BCUT2D eigenvalue weighted by Gasteiger charge is 2.15. The number of amides is 3. The predicted molar refractivity (Wildman–Crippen MR) is 195 cm³/mol. The molecule has 3 aromatic heterocycles. The second kappa shape index (κ2) is 15.3. The van der Waals surface area contributed by atoms with Crippen LogP contribution in [0.4, 0.5) is 27.9 Å². The number of ether oxygens (including phenoxy) is 1. The third-order valence-electron chi connectivity index (χ3n) is 7.95. The van der Waals surface area contributed by atoms with Crippen LogP contribution in [0.15, 0.2) is 97.5 Å². The van der Waals surface area contributed by atoms with E-state index in [1.165, 1.54) is 17.3 Å². The number of benzene rings is 3. The number of fused-ring (bicyclic) bond motifs is 1. The molecule has 0 unspecified atom stereocenters. The molecule has 12 nitrogen and oxygen atoms in total. The van der Waals surface area contributed by atoms with Gasteiger partial charge in [0.05, 0.1) is 29.5 Å². The lowest BCUT2D eigenvalue weighted by atomic mass is 10.1. The van der Waals surface area contributed by atoms with Crippen molar-refractivity contribution in [3.63, 3.8) is 0 Å². The summed E-state index contributed by atoms with van der Waals surface area (Å²) in [7, 11) is 3.32. The van der Waals surface area contributed by atoms with Crippen LogP contribution >= 0.6 is 0 Å². The van der Waals surface area contributed by atoms with E-state index >= 15 is 0 Å². The minimum absolute atomic E-state index is 0.223. The molecule has 3 heterocycles. The number of anilines is 4. The highest BCUT2D eigenvalue weighted by molar-refractivity contribution is 6.07. The molecule has 0 aliphatic heterocycles. The maximum Gasteiger partial charge on any atom is 0.324 e. The second-order valence-electron chi connectivity index (χ2n) is 12.1. The standard InChI is InChI=1S/C38H39N9O3/c1-5-6-9-27-21-36(47(45-27)28-14-12-25(2)13-15-28)44-38(49)42-31-16-17-33(30-11-8-7-10-29(30)31)50-24-26-18-19-39-34(20-26)43-35-23-40-32(22-41-35)37(48)46(3)4/h7-8,10-23H,5-6,9,24H2,1-4H3,(H,39,41,43)(H2,42,44,49). The van der Waals surface area contributed by atoms with Gasteiger partial charge in [-0.2, -0.15) is 5.10 Å². The number of urea groups is 1. The molecule has 0 aliphatic carbocycles. The summed E-state index contributed by atoms with van der Waals surface area (Å²) < 4.78 is 8.05. The van der Waals surface area contributed by atoms with Crippen LogP contribution in [-0.2, 0) is 13.0 Å². The van der Waals surface area contributed by atoms with Crippen molar-refractivity contribution in [1.82, 2.24) is 29.6 Å². The van der Waals surface area contributed by atoms with Crippen molar-refractivity contribution < 1.29 is 14.3 Å². The Balaban J connectivity index is 1.14. The van der Waals surface area contributed by atoms with Gasteiger partial charge in [-0.25, -0.2) is 24.4 Å². The molecule has 0 aliphatic rings. The Kier molecular flexibility index (Phi) is 10.3. The molecule has 0 bridgehead atoms. The van der Waals surface area contributed by atoms with E-state index in [4.69, 9.17) is 9.84 Å². The summed E-state index contributed by atoms with van der Waals surface area (Å²) in [5, 5.41) is 15.6. The molecule has 254 valence electrons. The summed E-state index contributed by atoms with van der Waals surface area (Å²) in [6.45, 7) is 4.46. The van der Waals surface area contributed by atoms with E-state index in [1.54, 1.807) is 25.0 Å². The molecule has 0 radical (unpaired) electrons. The van der Waals surface area contributed by atoms with Gasteiger partial charge >= 0.3 is 6.03 Å². The summed E-state index contributed by atoms with van der Waals surface area (Å²) in [4.78, 5) is 39.8. The molecule has 6 aromatic rings. The quantitative estimate of drug-likeness (QED) is 0.122. The van der Waals surface area contributed by atoms with E-state index in [0.29, 0.717) is 28.9 Å². The fraction of sp³-hybridized carbons (Fsp3) is 0.211. The van der Waals surface area contributed by atoms with E-state index in [0.717, 1.165) is 52.5 Å². The monoisotopic (exact) mass is 669 g/mol. The fourth-order valence-corrected chi connectivity index (χ4v) is 5.32. The number of carbonyl (C=O) groups excluding carboxylic acids is 2. The van der Waals surface area contributed by atoms with Crippen molar-refractivity contribution in [2.45, 2.75) is 39.7 Å². The van der Waals surface area contributed by atoms with Gasteiger partial charge < -0.3 is 20.3 Å². The Morgan fingerprint density at radius 3 is 2.40 bits per heavy atom. The summed E-state index contributed by atoms with van der Waals surface area (Å²) in [6.07, 6.45) is 7.50. The molecular weight excluding hydrogens is 630 g/mol. The lowest BCUT2D eigenvalue weighted by Gasteiger charge is -2.15. The summed E-state index contributed by atoms with van der Waals surface area (Å²) in [5.74, 6) is 2.06. The van der Waals surface area contributed by atoms with E-state index in [9.17, 15) is 9.59 Å². The molecule has 0 spiro atoms. The normalized spacial score (nSPS) is 10.9. The van der Waals surface area contributed by atoms with Crippen LogP contribution in [0.5, 0.6) is 5.75 Å². The number of aromatic nitrogens is 5. The van der Waals surface area contributed by atoms with Crippen LogP contribution in [0.1, 0.15) is 47.1 Å². The third kappa shape index (κ3) is 8.04. The van der Waals surface area contributed by atoms with E-state index in [1.807, 2.05) is 85.8 Å². The first kappa shape index (κ1) is 33.6. The van der Waals surface area contributed by atoms with Gasteiger partial charge in [0.1, 0.15) is 35.5 Å². The number of aryl methyl sites for hydroxylation is 2. The van der Waals surface area contributed by atoms with Crippen LogP contribution in [0.3, 0.4) is 0 Å². The Bertz CT molecular complexity index is 2110. The summed E-state index contributed by atoms with van der Waals surface area (Å²) >= 11 is 0. The highest BCUT2D eigenvalue weighted by atomic mass is 16.5. The molecule has 12 heteroatoms. The van der Waals surface area contributed by atoms with Gasteiger partial charge in [-0.05, 0) is 61.7 Å². The van der Waals surface area contributed by atoms with Gasteiger partial charge in [-0.3, -0.25) is 10.1 Å². The van der Waals surface area contributed by atoms with Gasteiger partial charge in [0.15, 0.2) is 0 Å². The predicted octanol–water partition coefficient (Wildman–Crippen LogP) is 7.53. The summed E-state index contributed by atoms with van der Waals surface area (Å²) in [6, 6.07) is 24.8. The zero-order valence-corrected chi connectivity index (χ0v) is 28.5. The fourth-order valence-electron chi connectivity index (χ4n) is 5.32. The topological polar surface area (TPSA) is 139 Å². The number of unbranched alkanes of at least 4 members (excludes halogenated alkanes) is 1. The largest absolute Gasteiger partial charge is 0.488 e. The lowest BCUT2D eigenvalue weighted by Crippen LogP contribution is -2.22. The van der Waals surface area contributed by atoms with Crippen LogP contribution in [0.25, 0.3) is 16.5 Å². The van der Waals surface area contributed by atoms with Crippen LogP contribution in [0.2, 0.25) is 0 Å². The number of nitrogens with zero attached hydrogens (tertiary/aromatic N) is 6. The molecule has 50 heavy (non-hydrogen) atoms. The zero-order chi connectivity index (χ0) is 35.0. The van der Waals surface area contributed by atoms with Gasteiger partial charge in [-0.1, -0.05) is 55.3 Å². The van der Waals surface area contributed by atoms with Crippen LogP contribution in [-0.4, -0.2) is 55.7 Å². The summed E-state index contributed by atoms with van der Waals surface area (Å²) in [5.41, 5.74) is 4.73. The first-order valence-corrected chi connectivity index (χ1v) is 16.4. The number of hydrogen-bond donors (Lipinski definition) is 3. The molecule has 3 amide bonds. The molecule has 3 aromatic carbocycles. The molecule has 0 saturated heterocycles. The van der Waals surface area contributed by atoms with Crippen molar-refractivity contribution in [1.29, 1.82) is 0 Å². The van der Waals surface area contributed by atoms with E-state index in [-0.39, 0.29) is 24.2 Å². The molecule has 3 N–H and O–H groups in total. The smallest absolute Gasteiger partial charge is 0.324 e. The van der Waals surface area contributed by atoms with Crippen molar-refractivity contribution in [2.75, 3.05) is 30.0 Å². The van der Waals surface area contributed by atoms with Gasteiger partial charge in [0.25, 0.3) is 5.91 Å². The Hall–Kier alpha value is -6.30. The SMILES string of the molecule is CCCCc1cc(NC(=O)Nc2ccc(OCc3ccnc(Nc4cnc(C(=O)N(C)C)cn4)c3)c3ccccc23)n(-c2ccc(C)cc2)n1. The van der Waals surface area contributed by atoms with Gasteiger partial charge in [0.2, 0.25) is 0 Å². The maximum absolute atomic E-state index is 13.4. The van der Waals surface area contributed by atoms with Crippen molar-refractivity contribution in [3.8, 4) is 11.4 Å². The number of carbonyl (C=O) groups is 2. The number of pyridine rings is 1. The van der Waals surface area contributed by atoms with Crippen molar-refractivity contribution >= 4 is 45.9 Å². The minimum Gasteiger partial charge on any atom is -0.488 e. The average Bonchev–Trinajstić information content (AvgIpc) is 3.52. The second-order valence-corrected chi connectivity index (χ2v) is 12.1. The van der Waals surface area contributed by atoms with Gasteiger partial charge in [-0.15, -0.1) is 0 Å². The number of rotatable bonds is 12. The molecule has 0 fully saturated rings. The third-order valence-corrected chi connectivity index (χ3v) is 7.95. The van der Waals surface area contributed by atoms with Crippen LogP contribution in [0, 0.1) is 6.92 Å². The van der Waals surface area contributed by atoms with E-state index in [2.05, 4.69) is 37.8 Å². The Morgan fingerprint density at radius 2 is 1.66 bits per heavy atom. The molecule has 0 saturated carbocycles. The molecule has 6 rings (SSSR count). The molecule has 0 atom stereocenters. The van der Waals surface area contributed by atoms with E-state index < -0.39 is 0 Å². The Morgan fingerprint density at radius 1 is 0.860 bits per heavy atom. The average molecular weight is 670 g/mol. The first-order valence-electron chi connectivity index (χ1n) is 16.4. The first-order chi connectivity index (χ1) is 24.3. The number of hydrogen-bond acceptors (Lipinski definition) is 8. The maximum atomic E-state index is 13.4. The highest BCUT2D eigenvalue weighted by Crippen LogP contribution is 2.32. The van der Waals surface area contributed by atoms with Crippen molar-refractivity contribution in [3.05, 3.63) is 120 Å². The lowest BCUT2D eigenvalue weighted by molar-refractivity contribution is 0.0821. The Labute approximate surface area is 290 Å². The van der Waals surface area contributed by atoms with Crippen molar-refractivity contribution in [2.24, 2.45) is 0 Å². The number of nitrogens with one attached hydrogen (secondary N) is 3.